The number of rotatable bonds is 3. The van der Waals surface area contributed by atoms with Crippen molar-refractivity contribution in [1.82, 2.24) is 9.29 Å². The van der Waals surface area contributed by atoms with E-state index in [4.69, 9.17) is 0 Å². The number of aryl methyl sites for hydroxylation is 2. The molecule has 0 atom stereocenters. The molecule has 0 amide bonds. The van der Waals surface area contributed by atoms with E-state index in [1.54, 1.807) is 0 Å². The van der Waals surface area contributed by atoms with E-state index in [1.165, 1.54) is 10.6 Å². The molecule has 1 fully saturated rings. The first kappa shape index (κ1) is 15.2. The molecule has 2 rings (SSSR count). The van der Waals surface area contributed by atoms with Gasteiger partial charge in [0.1, 0.15) is 5.82 Å². The van der Waals surface area contributed by atoms with E-state index in [-0.39, 0.29) is 6.61 Å². The summed E-state index contributed by atoms with van der Waals surface area (Å²) >= 11 is 0. The van der Waals surface area contributed by atoms with Crippen LogP contribution < -0.4 is 4.90 Å². The fourth-order valence-electron chi connectivity index (χ4n) is 2.53. The van der Waals surface area contributed by atoms with Gasteiger partial charge in [0.05, 0.1) is 12.9 Å². The van der Waals surface area contributed by atoms with Gasteiger partial charge in [0.2, 0.25) is 10.0 Å². The predicted octanol–water partition coefficient (Wildman–Crippen LogP) is 0.272. The summed E-state index contributed by atoms with van der Waals surface area (Å²) in [7, 11) is -3.13. The molecule has 1 aliphatic rings. The molecule has 0 unspecified atom stereocenters. The monoisotopic (exact) mass is 299 g/mol. The summed E-state index contributed by atoms with van der Waals surface area (Å²) in [4.78, 5) is 6.56. The number of aliphatic hydroxyl groups is 1. The maximum absolute atomic E-state index is 11.5. The highest BCUT2D eigenvalue weighted by molar-refractivity contribution is 7.88. The molecule has 0 spiro atoms. The molecular formula is C13H21N3O3S. The molecule has 0 saturated carbocycles. The Morgan fingerprint density at radius 3 is 2.35 bits per heavy atom. The molecule has 1 saturated heterocycles. The van der Waals surface area contributed by atoms with Gasteiger partial charge >= 0.3 is 0 Å². The molecule has 0 bridgehead atoms. The normalized spacial score (nSPS) is 17.5. The fraction of sp³-hybridized carbons (Fsp3) is 0.615. The summed E-state index contributed by atoms with van der Waals surface area (Å²) in [5, 5.41) is 9.53. The van der Waals surface area contributed by atoms with E-state index < -0.39 is 10.0 Å². The van der Waals surface area contributed by atoms with Crippen LogP contribution in [0.25, 0.3) is 0 Å². The number of nitrogens with zero attached hydrogens (tertiary/aromatic N) is 3. The first-order chi connectivity index (χ1) is 9.32. The average molecular weight is 299 g/mol. The highest BCUT2D eigenvalue weighted by Crippen LogP contribution is 2.24. The second-order valence-corrected chi connectivity index (χ2v) is 7.17. The molecule has 0 radical (unpaired) electrons. The Hall–Kier alpha value is -1.18. The second-order valence-electron chi connectivity index (χ2n) is 5.19. The highest BCUT2D eigenvalue weighted by atomic mass is 32.2. The zero-order chi connectivity index (χ0) is 14.9. The minimum Gasteiger partial charge on any atom is -0.392 e. The number of aliphatic hydroxyl groups excluding tert-OH is 1. The Bertz CT molecular complexity index is 593. The van der Waals surface area contributed by atoms with Crippen LogP contribution >= 0.6 is 0 Å². The zero-order valence-corrected chi connectivity index (χ0v) is 12.9. The van der Waals surface area contributed by atoms with Gasteiger partial charge in [-0.1, -0.05) is 0 Å². The third kappa shape index (κ3) is 3.11. The van der Waals surface area contributed by atoms with Crippen LogP contribution in [0.15, 0.2) is 6.07 Å². The van der Waals surface area contributed by atoms with Crippen LogP contribution in [0.3, 0.4) is 0 Å². The maximum Gasteiger partial charge on any atom is 0.211 e. The van der Waals surface area contributed by atoms with E-state index in [2.05, 4.69) is 4.98 Å². The average Bonchev–Trinajstić information content (AvgIpc) is 2.37. The van der Waals surface area contributed by atoms with Gasteiger partial charge in [0.25, 0.3) is 0 Å². The molecule has 6 nitrogen and oxygen atoms in total. The van der Waals surface area contributed by atoms with Crippen molar-refractivity contribution < 1.29 is 13.5 Å². The van der Waals surface area contributed by atoms with E-state index in [9.17, 15) is 13.5 Å². The first-order valence-electron chi connectivity index (χ1n) is 6.61. The van der Waals surface area contributed by atoms with Crippen LogP contribution in [0.4, 0.5) is 5.82 Å². The lowest BCUT2D eigenvalue weighted by atomic mass is 10.1. The topological polar surface area (TPSA) is 73.7 Å². The SMILES string of the molecule is Cc1cc(C)c(CO)c(N2CCN(S(C)(=O)=O)CC2)n1. The standard InChI is InChI=1S/C13H21N3O3S/c1-10-8-11(2)14-13(12(10)9-17)15-4-6-16(7-5-15)20(3,18)19/h8,17H,4-7,9H2,1-3H3. The number of hydrogen-bond acceptors (Lipinski definition) is 5. The number of aromatic nitrogens is 1. The number of anilines is 1. The van der Waals surface area contributed by atoms with Gasteiger partial charge in [0.15, 0.2) is 0 Å². The van der Waals surface area contributed by atoms with E-state index in [0.29, 0.717) is 26.2 Å². The maximum atomic E-state index is 11.5. The number of pyridine rings is 1. The van der Waals surface area contributed by atoms with Crippen LogP contribution in [-0.4, -0.2) is 55.2 Å². The third-order valence-corrected chi connectivity index (χ3v) is 4.92. The molecule has 0 aliphatic carbocycles. The summed E-state index contributed by atoms with van der Waals surface area (Å²) in [6.45, 7) is 5.92. The smallest absolute Gasteiger partial charge is 0.211 e. The summed E-state index contributed by atoms with van der Waals surface area (Å²) in [5.74, 6) is 0.776. The third-order valence-electron chi connectivity index (χ3n) is 3.62. The fourth-order valence-corrected chi connectivity index (χ4v) is 3.36. The number of hydrogen-bond donors (Lipinski definition) is 1. The minimum atomic E-state index is -3.13. The summed E-state index contributed by atoms with van der Waals surface area (Å²) in [6.07, 6.45) is 1.23. The van der Waals surface area contributed by atoms with Crippen LogP contribution in [0.2, 0.25) is 0 Å². The van der Waals surface area contributed by atoms with Crippen LogP contribution in [0.1, 0.15) is 16.8 Å². The van der Waals surface area contributed by atoms with E-state index in [1.807, 2.05) is 24.8 Å². The molecule has 7 heteroatoms. The number of sulfonamides is 1. The second kappa shape index (κ2) is 5.67. The van der Waals surface area contributed by atoms with Crippen LogP contribution in [-0.2, 0) is 16.6 Å². The van der Waals surface area contributed by atoms with Crippen molar-refractivity contribution in [3.63, 3.8) is 0 Å². The quantitative estimate of drug-likeness (QED) is 0.867. The lowest BCUT2D eigenvalue weighted by molar-refractivity contribution is 0.280. The van der Waals surface area contributed by atoms with Gasteiger partial charge < -0.3 is 10.0 Å². The van der Waals surface area contributed by atoms with Gasteiger partial charge in [-0.05, 0) is 25.5 Å². The predicted molar refractivity (Wildman–Crippen MR) is 78.3 cm³/mol. The van der Waals surface area contributed by atoms with Gasteiger partial charge in [-0.25, -0.2) is 13.4 Å². The van der Waals surface area contributed by atoms with Crippen molar-refractivity contribution >= 4 is 15.8 Å². The molecule has 1 aromatic rings. The highest BCUT2D eigenvalue weighted by Gasteiger charge is 2.25. The zero-order valence-electron chi connectivity index (χ0n) is 12.1. The molecule has 1 aromatic heterocycles. The van der Waals surface area contributed by atoms with Crippen LogP contribution in [0, 0.1) is 13.8 Å². The van der Waals surface area contributed by atoms with Crippen LogP contribution in [0.5, 0.6) is 0 Å². The summed E-state index contributed by atoms with van der Waals surface area (Å²) in [6, 6.07) is 1.95. The van der Waals surface area contributed by atoms with Gasteiger partial charge in [0, 0.05) is 37.4 Å². The Balaban J connectivity index is 2.23. The van der Waals surface area contributed by atoms with Crippen molar-refractivity contribution in [2.75, 3.05) is 37.3 Å². The number of piperazine rings is 1. The van der Waals surface area contributed by atoms with Crippen molar-refractivity contribution in [3.05, 3.63) is 22.9 Å². The molecule has 2 heterocycles. The Labute approximate surface area is 120 Å². The Morgan fingerprint density at radius 2 is 1.85 bits per heavy atom. The van der Waals surface area contributed by atoms with Crippen molar-refractivity contribution in [2.45, 2.75) is 20.5 Å². The molecule has 1 aliphatic heterocycles. The largest absolute Gasteiger partial charge is 0.392 e. The molecule has 1 N–H and O–H groups in total. The Morgan fingerprint density at radius 1 is 1.25 bits per heavy atom. The van der Waals surface area contributed by atoms with Crippen molar-refractivity contribution in [1.29, 1.82) is 0 Å². The van der Waals surface area contributed by atoms with E-state index >= 15 is 0 Å². The Kier molecular flexibility index (Phi) is 4.31. The van der Waals surface area contributed by atoms with Gasteiger partial charge in [-0.3, -0.25) is 0 Å². The molecular weight excluding hydrogens is 278 g/mol. The lowest BCUT2D eigenvalue weighted by Crippen LogP contribution is -2.49. The van der Waals surface area contributed by atoms with Crippen molar-refractivity contribution in [2.24, 2.45) is 0 Å². The lowest BCUT2D eigenvalue weighted by Gasteiger charge is -2.35. The summed E-state index contributed by atoms with van der Waals surface area (Å²) < 4.78 is 24.5. The first-order valence-corrected chi connectivity index (χ1v) is 8.46. The van der Waals surface area contributed by atoms with Gasteiger partial charge in [-0.15, -0.1) is 0 Å². The molecule has 20 heavy (non-hydrogen) atoms. The minimum absolute atomic E-state index is 0.0548. The van der Waals surface area contributed by atoms with Gasteiger partial charge in [-0.2, -0.15) is 4.31 Å². The van der Waals surface area contributed by atoms with E-state index in [0.717, 1.165) is 22.6 Å². The molecule has 0 aromatic carbocycles. The van der Waals surface area contributed by atoms with Crippen molar-refractivity contribution in [3.8, 4) is 0 Å². The molecule has 112 valence electrons. The summed E-state index contributed by atoms with van der Waals surface area (Å²) in [5.41, 5.74) is 2.74.